The monoisotopic (exact) mass is 405 g/mol. The molecule has 7 heteroatoms. The van der Waals surface area contributed by atoms with Gasteiger partial charge in [0, 0.05) is 13.0 Å². The Bertz CT molecular complexity index is 1050. The van der Waals surface area contributed by atoms with E-state index in [1.807, 2.05) is 17.0 Å². The van der Waals surface area contributed by atoms with E-state index in [-0.39, 0.29) is 30.9 Å². The Morgan fingerprint density at radius 3 is 2.63 bits per heavy atom. The third-order valence-electron chi connectivity index (χ3n) is 4.84. The summed E-state index contributed by atoms with van der Waals surface area (Å²) >= 11 is 0. The third kappa shape index (κ3) is 4.34. The number of amides is 1. The van der Waals surface area contributed by atoms with E-state index in [4.69, 9.17) is 15.3 Å². The summed E-state index contributed by atoms with van der Waals surface area (Å²) in [5.74, 6) is 3.32. The second-order valence-electron chi connectivity index (χ2n) is 6.97. The topological polar surface area (TPSA) is 62.2 Å². The molecule has 1 aliphatic heterocycles. The van der Waals surface area contributed by atoms with Crippen LogP contribution < -0.4 is 0 Å². The molecule has 152 valence electrons. The van der Waals surface area contributed by atoms with Crippen molar-refractivity contribution in [1.29, 1.82) is 0 Å². The van der Waals surface area contributed by atoms with Crippen LogP contribution in [-0.4, -0.2) is 34.6 Å². The second kappa shape index (κ2) is 8.80. The summed E-state index contributed by atoms with van der Waals surface area (Å²) in [6.07, 6.45) is 9.12. The Morgan fingerprint density at radius 2 is 1.97 bits per heavy atom. The van der Waals surface area contributed by atoms with Crippen molar-refractivity contribution in [3.63, 3.8) is 0 Å². The third-order valence-corrected chi connectivity index (χ3v) is 4.84. The fourth-order valence-corrected chi connectivity index (χ4v) is 3.44. The van der Waals surface area contributed by atoms with Gasteiger partial charge in [0.1, 0.15) is 29.1 Å². The summed E-state index contributed by atoms with van der Waals surface area (Å²) in [7, 11) is 0. The van der Waals surface area contributed by atoms with Crippen molar-refractivity contribution >= 4 is 11.6 Å². The number of furan rings is 2. The molecule has 30 heavy (non-hydrogen) atoms. The minimum Gasteiger partial charge on any atom is -0.467 e. The zero-order valence-corrected chi connectivity index (χ0v) is 16.2. The first-order valence-corrected chi connectivity index (χ1v) is 9.51. The first-order valence-electron chi connectivity index (χ1n) is 9.51. The Labute approximate surface area is 173 Å². The van der Waals surface area contributed by atoms with Crippen molar-refractivity contribution < 1.29 is 18.0 Å². The molecule has 1 aliphatic rings. The summed E-state index contributed by atoms with van der Waals surface area (Å²) in [6, 6.07) is 13.0. The number of terminal acetylenes is 1. The van der Waals surface area contributed by atoms with Crippen molar-refractivity contribution in [1.82, 2.24) is 9.91 Å². The van der Waals surface area contributed by atoms with E-state index >= 15 is 0 Å². The van der Waals surface area contributed by atoms with E-state index in [0.29, 0.717) is 30.2 Å². The second-order valence-corrected chi connectivity index (χ2v) is 6.97. The SMILES string of the molecule is C#CCN(CC(=O)N1N=C(c2ccco2)CC1c1ccco1)Cc1ccc(F)cc1. The van der Waals surface area contributed by atoms with Crippen molar-refractivity contribution in [3.8, 4) is 12.3 Å². The van der Waals surface area contributed by atoms with Crippen LogP contribution in [0.5, 0.6) is 0 Å². The van der Waals surface area contributed by atoms with Crippen LogP contribution in [0.1, 0.15) is 29.5 Å². The number of carbonyl (C=O) groups excluding carboxylic acids is 1. The molecule has 0 saturated heterocycles. The lowest BCUT2D eigenvalue weighted by Gasteiger charge is -2.24. The van der Waals surface area contributed by atoms with Gasteiger partial charge in [-0.05, 0) is 42.0 Å². The summed E-state index contributed by atoms with van der Waals surface area (Å²) in [5.41, 5.74) is 1.54. The molecule has 1 aromatic carbocycles. The minimum atomic E-state index is -0.355. The molecule has 0 N–H and O–H groups in total. The van der Waals surface area contributed by atoms with Gasteiger partial charge in [-0.25, -0.2) is 9.40 Å². The van der Waals surface area contributed by atoms with E-state index in [2.05, 4.69) is 11.0 Å². The van der Waals surface area contributed by atoms with Crippen molar-refractivity contribution in [2.75, 3.05) is 13.1 Å². The van der Waals surface area contributed by atoms with E-state index < -0.39 is 0 Å². The van der Waals surface area contributed by atoms with E-state index in [0.717, 1.165) is 5.56 Å². The molecule has 4 rings (SSSR count). The van der Waals surface area contributed by atoms with Gasteiger partial charge in [0.2, 0.25) is 0 Å². The maximum Gasteiger partial charge on any atom is 0.257 e. The molecule has 0 radical (unpaired) electrons. The number of halogens is 1. The molecule has 1 amide bonds. The fourth-order valence-electron chi connectivity index (χ4n) is 3.44. The number of hydrogen-bond donors (Lipinski definition) is 0. The van der Waals surface area contributed by atoms with Gasteiger partial charge in [-0.3, -0.25) is 9.69 Å². The minimum absolute atomic E-state index is 0.0632. The highest BCUT2D eigenvalue weighted by Crippen LogP contribution is 2.33. The molecule has 0 fully saturated rings. The summed E-state index contributed by atoms with van der Waals surface area (Å²) in [4.78, 5) is 15.0. The smallest absolute Gasteiger partial charge is 0.257 e. The number of benzene rings is 1. The molecule has 1 atom stereocenters. The first-order chi connectivity index (χ1) is 14.6. The number of hydrogen-bond acceptors (Lipinski definition) is 5. The molecule has 3 heterocycles. The quantitative estimate of drug-likeness (QED) is 0.561. The average Bonchev–Trinajstić information content (AvgIpc) is 3.49. The van der Waals surface area contributed by atoms with Crippen molar-refractivity contribution in [3.05, 3.63) is 84.0 Å². The first kappa shape index (κ1) is 19.7. The highest BCUT2D eigenvalue weighted by Gasteiger charge is 2.36. The molecule has 2 aromatic heterocycles. The van der Waals surface area contributed by atoms with Gasteiger partial charge in [-0.2, -0.15) is 5.10 Å². The van der Waals surface area contributed by atoms with Crippen LogP contribution in [-0.2, 0) is 11.3 Å². The lowest BCUT2D eigenvalue weighted by molar-refractivity contribution is -0.134. The van der Waals surface area contributed by atoms with Crippen LogP contribution in [0.2, 0.25) is 0 Å². The van der Waals surface area contributed by atoms with Crippen LogP contribution >= 0.6 is 0 Å². The Morgan fingerprint density at radius 1 is 1.20 bits per heavy atom. The van der Waals surface area contributed by atoms with Gasteiger partial charge in [0.05, 0.1) is 25.6 Å². The summed E-state index contributed by atoms with van der Waals surface area (Å²) < 4.78 is 24.2. The highest BCUT2D eigenvalue weighted by atomic mass is 19.1. The van der Waals surface area contributed by atoms with Crippen LogP contribution in [0.15, 0.2) is 75.0 Å². The van der Waals surface area contributed by atoms with Gasteiger partial charge in [-0.1, -0.05) is 18.1 Å². The number of nitrogens with zero attached hydrogens (tertiary/aromatic N) is 3. The molecular formula is C23H20FN3O3. The Balaban J connectivity index is 1.53. The predicted octanol–water partition coefficient (Wildman–Crippen LogP) is 3.82. The maximum absolute atomic E-state index is 13.2. The average molecular weight is 405 g/mol. The zero-order valence-electron chi connectivity index (χ0n) is 16.2. The lowest BCUT2D eigenvalue weighted by Crippen LogP contribution is -2.38. The maximum atomic E-state index is 13.2. The van der Waals surface area contributed by atoms with Gasteiger partial charge in [0.25, 0.3) is 5.91 Å². The molecule has 0 aliphatic carbocycles. The lowest BCUT2D eigenvalue weighted by atomic mass is 10.1. The standard InChI is InChI=1S/C23H20FN3O3/c1-2-11-26(15-17-7-9-18(24)10-8-17)16-23(28)27-20(22-6-4-13-30-22)14-19(25-27)21-5-3-12-29-21/h1,3-10,12-13,20H,11,14-16H2. The van der Waals surface area contributed by atoms with Crippen molar-refractivity contribution in [2.24, 2.45) is 5.10 Å². The van der Waals surface area contributed by atoms with E-state index in [1.165, 1.54) is 17.1 Å². The Hall–Kier alpha value is -3.63. The Kier molecular flexibility index (Phi) is 5.77. The van der Waals surface area contributed by atoms with E-state index in [1.54, 1.807) is 36.8 Å². The van der Waals surface area contributed by atoms with Gasteiger partial charge in [-0.15, -0.1) is 6.42 Å². The van der Waals surface area contributed by atoms with Gasteiger partial charge in [0.15, 0.2) is 0 Å². The molecule has 6 nitrogen and oxygen atoms in total. The van der Waals surface area contributed by atoms with Crippen LogP contribution in [0, 0.1) is 18.2 Å². The number of rotatable bonds is 7. The zero-order chi connectivity index (χ0) is 20.9. The van der Waals surface area contributed by atoms with Crippen molar-refractivity contribution in [2.45, 2.75) is 19.0 Å². The fraction of sp³-hybridized carbons (Fsp3) is 0.217. The van der Waals surface area contributed by atoms with E-state index in [9.17, 15) is 9.18 Å². The largest absolute Gasteiger partial charge is 0.467 e. The highest BCUT2D eigenvalue weighted by molar-refractivity contribution is 6.01. The van der Waals surface area contributed by atoms with Crippen LogP contribution in [0.4, 0.5) is 4.39 Å². The van der Waals surface area contributed by atoms with Gasteiger partial charge < -0.3 is 8.83 Å². The normalized spacial score (nSPS) is 16.0. The molecule has 3 aromatic rings. The van der Waals surface area contributed by atoms with Crippen LogP contribution in [0.25, 0.3) is 0 Å². The molecule has 0 saturated carbocycles. The molecule has 0 spiro atoms. The number of carbonyl (C=O) groups is 1. The number of hydrazone groups is 1. The predicted molar refractivity (Wildman–Crippen MR) is 109 cm³/mol. The summed E-state index contributed by atoms with van der Waals surface area (Å²) in [5, 5.41) is 5.95. The molecular weight excluding hydrogens is 385 g/mol. The van der Waals surface area contributed by atoms with Gasteiger partial charge >= 0.3 is 0 Å². The molecule has 1 unspecified atom stereocenters. The summed E-state index contributed by atoms with van der Waals surface area (Å²) in [6.45, 7) is 0.759. The van der Waals surface area contributed by atoms with Crippen LogP contribution in [0.3, 0.4) is 0 Å². The molecule has 0 bridgehead atoms.